The molecule has 5 nitrogen and oxygen atoms in total. The predicted octanol–water partition coefficient (Wildman–Crippen LogP) is 4.04. The quantitative estimate of drug-likeness (QED) is 0.668. The van der Waals surface area contributed by atoms with Gasteiger partial charge < -0.3 is 10.6 Å². The van der Waals surface area contributed by atoms with E-state index >= 15 is 0 Å². The second-order valence-electron chi connectivity index (χ2n) is 5.08. The Hall–Kier alpha value is -1.60. The molecule has 1 amide bonds. The van der Waals surface area contributed by atoms with Crippen LogP contribution in [0.2, 0.25) is 0 Å². The molecular weight excluding hydrogens is 328 g/mol. The normalized spacial score (nSPS) is 10.5. The summed E-state index contributed by atoms with van der Waals surface area (Å²) in [5, 5.41) is 15.0. The molecule has 0 spiro atoms. The Labute approximate surface area is 145 Å². The van der Waals surface area contributed by atoms with E-state index in [4.69, 9.17) is 0 Å². The molecule has 1 heterocycles. The summed E-state index contributed by atoms with van der Waals surface area (Å²) < 4.78 is 0.803. The number of rotatable bonds is 9. The number of carbonyl (C=O) groups excluding carboxylic acids is 1. The summed E-state index contributed by atoms with van der Waals surface area (Å²) in [6, 6.07) is 8.02. The molecule has 0 fully saturated rings. The van der Waals surface area contributed by atoms with Crippen LogP contribution in [0.3, 0.4) is 0 Å². The van der Waals surface area contributed by atoms with Crippen molar-refractivity contribution in [2.45, 2.75) is 37.4 Å². The van der Waals surface area contributed by atoms with Crippen LogP contribution in [-0.2, 0) is 11.2 Å². The van der Waals surface area contributed by atoms with Gasteiger partial charge in [0.2, 0.25) is 11.0 Å². The van der Waals surface area contributed by atoms with Gasteiger partial charge >= 0.3 is 0 Å². The summed E-state index contributed by atoms with van der Waals surface area (Å²) in [4.78, 5) is 12.0. The van der Waals surface area contributed by atoms with E-state index in [0.29, 0.717) is 5.75 Å². The molecule has 0 saturated heterocycles. The lowest BCUT2D eigenvalue weighted by Gasteiger charge is -2.05. The highest BCUT2D eigenvalue weighted by atomic mass is 32.2. The molecule has 0 unspecified atom stereocenters. The minimum atomic E-state index is -0.0310. The monoisotopic (exact) mass is 350 g/mol. The summed E-state index contributed by atoms with van der Waals surface area (Å²) in [7, 11) is 0. The van der Waals surface area contributed by atoms with Gasteiger partial charge in [0, 0.05) is 12.2 Å². The number of benzene rings is 1. The highest BCUT2D eigenvalue weighted by molar-refractivity contribution is 8.01. The molecule has 0 aliphatic carbocycles. The van der Waals surface area contributed by atoms with E-state index < -0.39 is 0 Å². The molecule has 0 aliphatic heterocycles. The molecule has 124 valence electrons. The average molecular weight is 351 g/mol. The third kappa shape index (κ3) is 6.19. The molecule has 0 saturated carbocycles. The van der Waals surface area contributed by atoms with E-state index in [-0.39, 0.29) is 5.91 Å². The standard InChI is InChI=1S/C16H22N4OS2/c1-3-5-12-6-8-13(9-7-12)18-14(21)11-22-16-20-19-15(23-16)17-10-4-2/h6-9H,3-5,10-11H2,1-2H3,(H,17,19)(H,18,21). The lowest BCUT2D eigenvalue weighted by molar-refractivity contribution is -0.113. The molecule has 0 bridgehead atoms. The van der Waals surface area contributed by atoms with Gasteiger partial charge in [0.25, 0.3) is 0 Å². The number of hydrogen-bond donors (Lipinski definition) is 2. The third-order valence-corrected chi connectivity index (χ3v) is 5.05. The zero-order valence-electron chi connectivity index (χ0n) is 13.5. The van der Waals surface area contributed by atoms with Crippen molar-refractivity contribution >= 4 is 39.8 Å². The van der Waals surface area contributed by atoms with Gasteiger partial charge in [-0.25, -0.2) is 0 Å². The number of carbonyl (C=O) groups is 1. The van der Waals surface area contributed by atoms with E-state index in [2.05, 4.69) is 46.8 Å². The average Bonchev–Trinajstić information content (AvgIpc) is 3.01. The van der Waals surface area contributed by atoms with Crippen LogP contribution < -0.4 is 10.6 Å². The Balaban J connectivity index is 1.77. The topological polar surface area (TPSA) is 66.9 Å². The highest BCUT2D eigenvalue weighted by Crippen LogP contribution is 2.25. The van der Waals surface area contributed by atoms with E-state index in [9.17, 15) is 4.79 Å². The number of thioether (sulfide) groups is 1. The summed E-state index contributed by atoms with van der Waals surface area (Å²) in [6.45, 7) is 5.14. The lowest BCUT2D eigenvalue weighted by atomic mass is 10.1. The Morgan fingerprint density at radius 2 is 1.96 bits per heavy atom. The molecule has 2 N–H and O–H groups in total. The number of hydrogen-bond acceptors (Lipinski definition) is 6. The highest BCUT2D eigenvalue weighted by Gasteiger charge is 2.08. The van der Waals surface area contributed by atoms with Gasteiger partial charge in [-0.2, -0.15) is 0 Å². The van der Waals surface area contributed by atoms with Crippen LogP contribution in [0, 0.1) is 0 Å². The maximum Gasteiger partial charge on any atom is 0.234 e. The summed E-state index contributed by atoms with van der Waals surface area (Å²) in [5.74, 6) is 0.301. The lowest BCUT2D eigenvalue weighted by Crippen LogP contribution is -2.13. The van der Waals surface area contributed by atoms with Crippen molar-refractivity contribution < 1.29 is 4.79 Å². The molecule has 0 radical (unpaired) electrons. The first-order chi connectivity index (χ1) is 11.2. The Kier molecular flexibility index (Phi) is 7.35. The van der Waals surface area contributed by atoms with Crippen LogP contribution in [0.1, 0.15) is 32.3 Å². The van der Waals surface area contributed by atoms with Crippen LogP contribution >= 0.6 is 23.1 Å². The van der Waals surface area contributed by atoms with Gasteiger partial charge in [0.1, 0.15) is 0 Å². The molecule has 7 heteroatoms. The molecule has 1 aromatic heterocycles. The summed E-state index contributed by atoms with van der Waals surface area (Å²) >= 11 is 2.88. The number of nitrogens with one attached hydrogen (secondary N) is 2. The number of amides is 1. The Bertz CT molecular complexity index is 613. The van der Waals surface area contributed by atoms with Gasteiger partial charge in [-0.3, -0.25) is 4.79 Å². The molecule has 2 aromatic rings. The number of aromatic nitrogens is 2. The van der Waals surface area contributed by atoms with Crippen molar-refractivity contribution in [1.29, 1.82) is 0 Å². The van der Waals surface area contributed by atoms with Gasteiger partial charge in [-0.05, 0) is 30.5 Å². The zero-order valence-corrected chi connectivity index (χ0v) is 15.1. The number of anilines is 2. The first-order valence-electron chi connectivity index (χ1n) is 7.80. The predicted molar refractivity (Wildman–Crippen MR) is 98.5 cm³/mol. The van der Waals surface area contributed by atoms with E-state index in [1.165, 1.54) is 28.7 Å². The fourth-order valence-electron chi connectivity index (χ4n) is 1.94. The summed E-state index contributed by atoms with van der Waals surface area (Å²) in [6.07, 6.45) is 3.23. The molecule has 23 heavy (non-hydrogen) atoms. The number of aryl methyl sites for hydroxylation is 1. The first kappa shape index (κ1) is 17.7. The van der Waals surface area contributed by atoms with Crippen LogP contribution in [0.25, 0.3) is 0 Å². The molecular formula is C16H22N4OS2. The minimum Gasteiger partial charge on any atom is -0.360 e. The van der Waals surface area contributed by atoms with Crippen molar-refractivity contribution in [2.24, 2.45) is 0 Å². The van der Waals surface area contributed by atoms with Crippen molar-refractivity contribution in [3.05, 3.63) is 29.8 Å². The van der Waals surface area contributed by atoms with Gasteiger partial charge in [-0.1, -0.05) is 55.5 Å². The fraction of sp³-hybridized carbons (Fsp3) is 0.438. The molecule has 2 rings (SSSR count). The smallest absolute Gasteiger partial charge is 0.234 e. The Morgan fingerprint density at radius 3 is 2.65 bits per heavy atom. The van der Waals surface area contributed by atoms with Gasteiger partial charge in [0.15, 0.2) is 4.34 Å². The van der Waals surface area contributed by atoms with Gasteiger partial charge in [0.05, 0.1) is 5.75 Å². The summed E-state index contributed by atoms with van der Waals surface area (Å²) in [5.41, 5.74) is 2.12. The fourth-order valence-corrected chi connectivity index (χ4v) is 3.52. The minimum absolute atomic E-state index is 0.0310. The van der Waals surface area contributed by atoms with E-state index in [1.54, 1.807) is 0 Å². The second-order valence-corrected chi connectivity index (χ2v) is 7.28. The van der Waals surface area contributed by atoms with E-state index in [1.807, 2.05) is 12.1 Å². The SMILES string of the molecule is CCCNc1nnc(SCC(=O)Nc2ccc(CCC)cc2)s1. The van der Waals surface area contributed by atoms with Crippen molar-refractivity contribution in [3.63, 3.8) is 0 Å². The zero-order chi connectivity index (χ0) is 16.5. The van der Waals surface area contributed by atoms with Crippen molar-refractivity contribution in [3.8, 4) is 0 Å². The van der Waals surface area contributed by atoms with Crippen LogP contribution in [0.15, 0.2) is 28.6 Å². The third-order valence-electron chi connectivity index (χ3n) is 3.04. The maximum atomic E-state index is 12.0. The number of nitrogens with zero attached hydrogens (tertiary/aromatic N) is 2. The second kappa shape index (κ2) is 9.52. The van der Waals surface area contributed by atoms with Crippen LogP contribution in [0.4, 0.5) is 10.8 Å². The van der Waals surface area contributed by atoms with Crippen LogP contribution in [0.5, 0.6) is 0 Å². The maximum absolute atomic E-state index is 12.0. The van der Waals surface area contributed by atoms with Crippen molar-refractivity contribution in [2.75, 3.05) is 22.9 Å². The Morgan fingerprint density at radius 1 is 1.17 bits per heavy atom. The van der Waals surface area contributed by atoms with Crippen LogP contribution in [-0.4, -0.2) is 28.4 Å². The van der Waals surface area contributed by atoms with Gasteiger partial charge in [-0.15, -0.1) is 10.2 Å². The molecule has 0 atom stereocenters. The molecule has 1 aromatic carbocycles. The van der Waals surface area contributed by atoms with Crippen molar-refractivity contribution in [1.82, 2.24) is 10.2 Å². The van der Waals surface area contributed by atoms with E-state index in [0.717, 1.165) is 41.0 Å². The largest absolute Gasteiger partial charge is 0.360 e. The molecule has 0 aliphatic rings. The first-order valence-corrected chi connectivity index (χ1v) is 9.60.